The Labute approximate surface area is 277 Å². The predicted molar refractivity (Wildman–Crippen MR) is 197 cm³/mol. The number of benzene rings is 4. The van der Waals surface area contributed by atoms with E-state index in [9.17, 15) is 0 Å². The highest BCUT2D eigenvalue weighted by Gasteiger charge is 2.28. The molecule has 0 atom stereocenters. The van der Waals surface area contributed by atoms with E-state index in [1.807, 2.05) is 0 Å². The molecular weight excluding hydrogens is 560 g/mol. The number of hydrogen-bond acceptors (Lipinski definition) is 2. The Kier molecular flexibility index (Phi) is 10.7. The molecular formula is C42H51N4+. The quantitative estimate of drug-likeness (QED) is 0.111. The molecule has 0 radical (unpaired) electrons. The van der Waals surface area contributed by atoms with E-state index in [0.29, 0.717) is 23.7 Å². The van der Waals surface area contributed by atoms with Crippen LogP contribution in [0, 0.1) is 0 Å². The van der Waals surface area contributed by atoms with Crippen LogP contribution in [0.4, 0.5) is 11.4 Å². The van der Waals surface area contributed by atoms with Crippen LogP contribution in [-0.2, 0) is 0 Å². The van der Waals surface area contributed by atoms with Crippen molar-refractivity contribution in [2.45, 2.75) is 85.5 Å². The van der Waals surface area contributed by atoms with Gasteiger partial charge in [-0.15, -0.1) is 4.99 Å². The van der Waals surface area contributed by atoms with Gasteiger partial charge in [-0.05, 0) is 70.2 Å². The topological polar surface area (TPSA) is 31.0 Å². The third-order valence-corrected chi connectivity index (χ3v) is 8.81. The lowest BCUT2D eigenvalue weighted by atomic mass is 9.93. The summed E-state index contributed by atoms with van der Waals surface area (Å²) in [4.78, 5) is 13.5. The first kappa shape index (κ1) is 33.1. The maximum Gasteiger partial charge on any atom is 0.270 e. The van der Waals surface area contributed by atoms with Crippen molar-refractivity contribution in [1.29, 1.82) is 0 Å². The summed E-state index contributed by atoms with van der Waals surface area (Å²) in [5.41, 5.74) is 9.55. The van der Waals surface area contributed by atoms with Gasteiger partial charge in [0.2, 0.25) is 0 Å². The van der Waals surface area contributed by atoms with Crippen LogP contribution in [0.2, 0.25) is 0 Å². The molecule has 4 heteroatoms. The Bertz CT molecular complexity index is 1660. The molecule has 0 aliphatic carbocycles. The average molecular weight is 612 g/mol. The van der Waals surface area contributed by atoms with Crippen LogP contribution in [0.15, 0.2) is 107 Å². The molecule has 0 N–H and O–H groups in total. The first-order valence-electron chi connectivity index (χ1n) is 17.1. The molecule has 5 rings (SSSR count). The van der Waals surface area contributed by atoms with Gasteiger partial charge in [-0.1, -0.05) is 128 Å². The molecule has 4 aromatic carbocycles. The van der Waals surface area contributed by atoms with Crippen molar-refractivity contribution in [1.82, 2.24) is 4.90 Å². The highest BCUT2D eigenvalue weighted by Crippen LogP contribution is 2.37. The summed E-state index contributed by atoms with van der Waals surface area (Å²) in [6, 6.07) is 34.6. The molecule has 0 fully saturated rings. The molecule has 0 unspecified atom stereocenters. The number of amidine groups is 2. The van der Waals surface area contributed by atoms with Gasteiger partial charge in [0.15, 0.2) is 12.2 Å². The number of rotatable bonds is 8. The molecule has 1 heterocycles. The number of hydrogen-bond donors (Lipinski definition) is 0. The van der Waals surface area contributed by atoms with Crippen molar-refractivity contribution in [3.63, 3.8) is 0 Å². The van der Waals surface area contributed by atoms with E-state index in [1.165, 1.54) is 22.3 Å². The van der Waals surface area contributed by atoms with E-state index in [-0.39, 0.29) is 0 Å². The molecule has 0 saturated heterocycles. The van der Waals surface area contributed by atoms with Gasteiger partial charge in [0.05, 0.1) is 24.3 Å². The van der Waals surface area contributed by atoms with E-state index in [1.54, 1.807) is 0 Å². The monoisotopic (exact) mass is 611 g/mol. The van der Waals surface area contributed by atoms with Crippen LogP contribution in [0.25, 0.3) is 0 Å². The Morgan fingerprint density at radius 2 is 0.978 bits per heavy atom. The van der Waals surface area contributed by atoms with E-state index in [0.717, 1.165) is 53.7 Å². The maximum absolute atomic E-state index is 5.56. The van der Waals surface area contributed by atoms with Gasteiger partial charge >= 0.3 is 0 Å². The highest BCUT2D eigenvalue weighted by atomic mass is 15.3. The molecule has 0 aromatic heterocycles. The molecule has 238 valence electrons. The molecule has 46 heavy (non-hydrogen) atoms. The zero-order valence-electron chi connectivity index (χ0n) is 29.0. The second-order valence-corrected chi connectivity index (χ2v) is 13.6. The van der Waals surface area contributed by atoms with Crippen LogP contribution in [0.5, 0.6) is 0 Å². The van der Waals surface area contributed by atoms with Gasteiger partial charge in [0, 0.05) is 12.0 Å². The molecule has 0 spiro atoms. The van der Waals surface area contributed by atoms with Crippen LogP contribution >= 0.6 is 0 Å². The normalized spacial score (nSPS) is 14.5. The molecule has 1 aliphatic heterocycles. The number of para-hydroxylation sites is 2. The number of nitrogens with zero attached hydrogens (tertiary/aromatic N) is 4. The van der Waals surface area contributed by atoms with Crippen LogP contribution in [-0.4, -0.2) is 40.6 Å². The Balaban J connectivity index is 1.73. The first-order chi connectivity index (χ1) is 22.2. The molecule has 4 aromatic rings. The van der Waals surface area contributed by atoms with Crippen LogP contribution in [0.3, 0.4) is 0 Å². The third-order valence-electron chi connectivity index (χ3n) is 8.81. The first-order valence-corrected chi connectivity index (χ1v) is 17.1. The molecule has 4 nitrogen and oxygen atoms in total. The van der Waals surface area contributed by atoms with Crippen molar-refractivity contribution in [2.75, 3.05) is 13.1 Å². The van der Waals surface area contributed by atoms with Gasteiger partial charge in [0.1, 0.15) is 5.69 Å². The third kappa shape index (κ3) is 7.39. The summed E-state index contributed by atoms with van der Waals surface area (Å²) in [5, 5.41) is 0. The van der Waals surface area contributed by atoms with E-state index >= 15 is 0 Å². The lowest BCUT2D eigenvalue weighted by molar-refractivity contribution is -0.413. The zero-order valence-corrected chi connectivity index (χ0v) is 29.0. The largest absolute Gasteiger partial charge is 0.270 e. The van der Waals surface area contributed by atoms with Crippen molar-refractivity contribution in [3.8, 4) is 0 Å². The Morgan fingerprint density at radius 1 is 0.543 bits per heavy atom. The van der Waals surface area contributed by atoms with Gasteiger partial charge in [-0.2, -0.15) is 0 Å². The summed E-state index contributed by atoms with van der Waals surface area (Å²) in [6.07, 6.45) is 3.24. The summed E-state index contributed by atoms with van der Waals surface area (Å²) in [5.74, 6) is 3.40. The molecule has 0 saturated carbocycles. The van der Waals surface area contributed by atoms with E-state index in [4.69, 9.17) is 9.98 Å². The molecule has 0 bridgehead atoms. The van der Waals surface area contributed by atoms with Gasteiger partial charge < -0.3 is 0 Å². The Hall–Kier alpha value is -4.31. The SMILES string of the molecule is CC(C)c1cccc(C(C)C)c1N=C(c1ccccc1)N1C=[N+](C(=Nc2c(C(C)C)cccc2C(C)C)c2ccccc2)CCC1. The van der Waals surface area contributed by atoms with Gasteiger partial charge in [0.25, 0.3) is 5.84 Å². The molecule has 0 amide bonds. The lowest BCUT2D eigenvalue weighted by Gasteiger charge is -2.25. The van der Waals surface area contributed by atoms with Gasteiger partial charge in [-0.25, -0.2) is 14.5 Å². The van der Waals surface area contributed by atoms with Crippen LogP contribution < -0.4 is 0 Å². The van der Waals surface area contributed by atoms with Crippen molar-refractivity contribution in [3.05, 3.63) is 130 Å². The van der Waals surface area contributed by atoms with Crippen LogP contribution in [0.1, 0.15) is 119 Å². The summed E-state index contributed by atoms with van der Waals surface area (Å²) in [7, 11) is 0. The summed E-state index contributed by atoms with van der Waals surface area (Å²) < 4.78 is 2.34. The van der Waals surface area contributed by atoms with Crippen molar-refractivity contribution >= 4 is 29.4 Å². The van der Waals surface area contributed by atoms with Gasteiger partial charge in [-0.3, -0.25) is 0 Å². The summed E-state index contributed by atoms with van der Waals surface area (Å²) >= 11 is 0. The minimum Gasteiger partial charge on any atom is -0.249 e. The fraction of sp³-hybridized carbons (Fsp3) is 0.357. The zero-order chi connectivity index (χ0) is 32.8. The minimum atomic E-state index is 0.365. The fourth-order valence-corrected chi connectivity index (χ4v) is 6.27. The minimum absolute atomic E-state index is 0.365. The summed E-state index contributed by atoms with van der Waals surface area (Å²) in [6.45, 7) is 19.9. The number of aliphatic imine (C=N–C) groups is 2. The van der Waals surface area contributed by atoms with E-state index < -0.39 is 0 Å². The standard InChI is InChI=1S/C42H51N4/c1-29(2)35-22-15-23-36(30(3)4)39(35)43-41(33-18-11-9-12-19-33)45-26-17-27-46(28-45)42(34-20-13-10-14-21-34)44-40-37(31(5)6)24-16-25-38(40)32(7)8/h9-16,18-25,28-32H,17,26-27H2,1-8H3/q+1. The molecule has 1 aliphatic rings. The average Bonchev–Trinajstić information content (AvgIpc) is 3.06. The second-order valence-electron chi connectivity index (χ2n) is 13.6. The predicted octanol–water partition coefficient (Wildman–Crippen LogP) is 10.8. The fourth-order valence-electron chi connectivity index (χ4n) is 6.27. The van der Waals surface area contributed by atoms with Crippen molar-refractivity contribution < 1.29 is 4.58 Å². The lowest BCUT2D eigenvalue weighted by Crippen LogP contribution is -2.42. The second kappa shape index (κ2) is 14.9. The highest BCUT2D eigenvalue weighted by molar-refractivity contribution is 6.06. The Morgan fingerprint density at radius 3 is 1.43 bits per heavy atom. The smallest absolute Gasteiger partial charge is 0.249 e. The van der Waals surface area contributed by atoms with Crippen molar-refractivity contribution in [2.24, 2.45) is 9.98 Å². The maximum atomic E-state index is 5.56. The van der Waals surface area contributed by atoms with E-state index in [2.05, 4.69) is 168 Å².